The predicted octanol–water partition coefficient (Wildman–Crippen LogP) is 3.13. The van der Waals surface area contributed by atoms with Gasteiger partial charge in [0.15, 0.2) is 0 Å². The number of carbonyl (C=O) groups is 2. The summed E-state index contributed by atoms with van der Waals surface area (Å²) in [5, 5.41) is 5.76. The minimum atomic E-state index is -0.329. The molecule has 0 heterocycles. The van der Waals surface area contributed by atoms with Crippen LogP contribution in [0.2, 0.25) is 5.02 Å². The van der Waals surface area contributed by atoms with Crippen LogP contribution in [-0.2, 0) is 4.79 Å². The van der Waals surface area contributed by atoms with Crippen molar-refractivity contribution in [3.63, 3.8) is 0 Å². The van der Waals surface area contributed by atoms with Gasteiger partial charge in [0.2, 0.25) is 5.91 Å². The second-order valence-electron chi connectivity index (χ2n) is 4.49. The lowest BCUT2D eigenvalue weighted by Gasteiger charge is -2.08. The quantitative estimate of drug-likeness (QED) is 0.762. The molecule has 2 amide bonds. The Balaban J connectivity index is 2.17. The summed E-state index contributed by atoms with van der Waals surface area (Å²) in [5.74, 6) is -0.509. The van der Waals surface area contributed by atoms with Gasteiger partial charge >= 0.3 is 0 Å². The van der Waals surface area contributed by atoms with Crippen molar-refractivity contribution in [2.45, 2.75) is 6.92 Å². The summed E-state index contributed by atoms with van der Waals surface area (Å²) < 4.78 is 0. The first-order valence-corrected chi connectivity index (χ1v) is 6.57. The second kappa shape index (κ2) is 6.28. The van der Waals surface area contributed by atoms with Gasteiger partial charge in [-0.15, -0.1) is 0 Å². The monoisotopic (exact) mass is 303 g/mol. The number of nitrogens with one attached hydrogen (secondary N) is 2. The summed E-state index contributed by atoms with van der Waals surface area (Å²) in [6.07, 6.45) is 0. The highest BCUT2D eigenvalue weighted by Gasteiger charge is 2.08. The van der Waals surface area contributed by atoms with E-state index in [9.17, 15) is 9.59 Å². The van der Waals surface area contributed by atoms with Crippen LogP contribution in [0.4, 0.5) is 17.1 Å². The van der Waals surface area contributed by atoms with Crippen molar-refractivity contribution >= 4 is 40.5 Å². The van der Waals surface area contributed by atoms with E-state index >= 15 is 0 Å². The van der Waals surface area contributed by atoms with Gasteiger partial charge in [0.05, 0.1) is 0 Å². The third-order valence-electron chi connectivity index (χ3n) is 2.62. The van der Waals surface area contributed by atoms with Crippen LogP contribution in [0.15, 0.2) is 42.5 Å². The van der Waals surface area contributed by atoms with E-state index in [1.54, 1.807) is 36.4 Å². The van der Waals surface area contributed by atoms with E-state index in [1.807, 2.05) is 0 Å². The molecular formula is C15H14ClN3O2. The number of carbonyl (C=O) groups excluding carboxylic acids is 2. The van der Waals surface area contributed by atoms with Crippen molar-refractivity contribution in [1.82, 2.24) is 0 Å². The minimum absolute atomic E-state index is 0.180. The zero-order valence-corrected chi connectivity index (χ0v) is 12.1. The molecule has 21 heavy (non-hydrogen) atoms. The first kappa shape index (κ1) is 14.9. The lowest BCUT2D eigenvalue weighted by atomic mass is 10.2. The van der Waals surface area contributed by atoms with Crippen LogP contribution in [0.5, 0.6) is 0 Å². The average molecular weight is 304 g/mol. The summed E-state index contributed by atoms with van der Waals surface area (Å²) in [5.41, 5.74) is 7.60. The fourth-order valence-electron chi connectivity index (χ4n) is 1.82. The Kier molecular flexibility index (Phi) is 4.45. The molecule has 0 saturated heterocycles. The highest BCUT2D eigenvalue weighted by molar-refractivity contribution is 6.31. The van der Waals surface area contributed by atoms with Crippen molar-refractivity contribution in [1.29, 1.82) is 0 Å². The fourth-order valence-corrected chi connectivity index (χ4v) is 2.07. The van der Waals surface area contributed by atoms with Crippen LogP contribution < -0.4 is 16.4 Å². The van der Waals surface area contributed by atoms with Gasteiger partial charge in [-0.1, -0.05) is 17.7 Å². The van der Waals surface area contributed by atoms with Crippen LogP contribution in [-0.4, -0.2) is 11.8 Å². The number of benzene rings is 2. The normalized spacial score (nSPS) is 10.0. The molecule has 0 fully saturated rings. The number of hydrogen-bond acceptors (Lipinski definition) is 3. The minimum Gasteiger partial charge on any atom is -0.399 e. The maximum atomic E-state index is 12.1. The van der Waals surface area contributed by atoms with E-state index in [4.69, 9.17) is 17.3 Å². The van der Waals surface area contributed by atoms with Gasteiger partial charge in [0.1, 0.15) is 0 Å². The molecule has 0 aromatic heterocycles. The summed E-state index contributed by atoms with van der Waals surface area (Å²) in [4.78, 5) is 23.2. The third kappa shape index (κ3) is 4.22. The van der Waals surface area contributed by atoms with Gasteiger partial charge in [-0.25, -0.2) is 0 Å². The van der Waals surface area contributed by atoms with E-state index in [1.165, 1.54) is 13.0 Å². The molecule has 0 aliphatic rings. The Morgan fingerprint density at radius 3 is 2.33 bits per heavy atom. The topological polar surface area (TPSA) is 84.2 Å². The molecule has 0 unspecified atom stereocenters. The van der Waals surface area contributed by atoms with Gasteiger partial charge in [0, 0.05) is 34.6 Å². The second-order valence-corrected chi connectivity index (χ2v) is 4.93. The zero-order chi connectivity index (χ0) is 15.4. The molecule has 6 heteroatoms. The van der Waals surface area contributed by atoms with Crippen molar-refractivity contribution in [2.24, 2.45) is 0 Å². The van der Waals surface area contributed by atoms with Gasteiger partial charge in [0.25, 0.3) is 5.91 Å². The van der Waals surface area contributed by atoms with Crippen LogP contribution in [0.3, 0.4) is 0 Å². The summed E-state index contributed by atoms with van der Waals surface area (Å²) in [6, 6.07) is 11.5. The molecular weight excluding hydrogens is 290 g/mol. The highest BCUT2D eigenvalue weighted by Crippen LogP contribution is 2.19. The van der Waals surface area contributed by atoms with E-state index in [2.05, 4.69) is 10.6 Å². The SMILES string of the molecule is CC(=O)Nc1cccc(NC(=O)c2cc(N)cc(Cl)c2)c1. The van der Waals surface area contributed by atoms with Crippen molar-refractivity contribution < 1.29 is 9.59 Å². The smallest absolute Gasteiger partial charge is 0.255 e. The van der Waals surface area contributed by atoms with Crippen LogP contribution in [0.1, 0.15) is 17.3 Å². The molecule has 0 spiro atoms. The molecule has 4 N–H and O–H groups in total. The number of anilines is 3. The Hall–Kier alpha value is -2.53. The third-order valence-corrected chi connectivity index (χ3v) is 2.84. The molecule has 2 aromatic carbocycles. The molecule has 2 rings (SSSR count). The van der Waals surface area contributed by atoms with Crippen molar-refractivity contribution in [3.8, 4) is 0 Å². The van der Waals surface area contributed by atoms with Crippen LogP contribution in [0.25, 0.3) is 0 Å². The molecule has 0 saturated carbocycles. The molecule has 5 nitrogen and oxygen atoms in total. The molecule has 0 radical (unpaired) electrons. The zero-order valence-electron chi connectivity index (χ0n) is 11.3. The van der Waals surface area contributed by atoms with E-state index < -0.39 is 0 Å². The number of nitrogens with two attached hydrogens (primary N) is 1. The van der Waals surface area contributed by atoms with Crippen LogP contribution >= 0.6 is 11.6 Å². The van der Waals surface area contributed by atoms with Gasteiger partial charge in [-0.3, -0.25) is 9.59 Å². The summed E-state index contributed by atoms with van der Waals surface area (Å²) >= 11 is 5.87. The average Bonchev–Trinajstić information content (AvgIpc) is 2.37. The van der Waals surface area contributed by atoms with E-state index in [-0.39, 0.29) is 11.8 Å². The highest BCUT2D eigenvalue weighted by atomic mass is 35.5. The molecule has 0 atom stereocenters. The Labute approximate surface area is 127 Å². The molecule has 2 aromatic rings. The molecule has 0 aliphatic heterocycles. The maximum Gasteiger partial charge on any atom is 0.255 e. The summed E-state index contributed by atoms with van der Waals surface area (Å²) in [6.45, 7) is 1.42. The molecule has 108 valence electrons. The predicted molar refractivity (Wildman–Crippen MR) is 84.6 cm³/mol. The van der Waals surface area contributed by atoms with Crippen LogP contribution in [0, 0.1) is 0 Å². The Morgan fingerprint density at radius 2 is 1.71 bits per heavy atom. The van der Waals surface area contributed by atoms with Gasteiger partial charge in [-0.05, 0) is 36.4 Å². The fraction of sp³-hybridized carbons (Fsp3) is 0.0667. The molecule has 0 aliphatic carbocycles. The van der Waals surface area contributed by atoms with Crippen molar-refractivity contribution in [2.75, 3.05) is 16.4 Å². The first-order valence-electron chi connectivity index (χ1n) is 6.19. The maximum absolute atomic E-state index is 12.1. The van der Waals surface area contributed by atoms with E-state index in [0.717, 1.165) is 0 Å². The lowest BCUT2D eigenvalue weighted by molar-refractivity contribution is -0.114. The largest absolute Gasteiger partial charge is 0.399 e. The Morgan fingerprint density at radius 1 is 1.05 bits per heavy atom. The molecule has 0 bridgehead atoms. The Bertz CT molecular complexity index is 681. The van der Waals surface area contributed by atoms with Crippen molar-refractivity contribution in [3.05, 3.63) is 53.1 Å². The lowest BCUT2D eigenvalue weighted by Crippen LogP contribution is -2.13. The summed E-state index contributed by atoms with van der Waals surface area (Å²) in [7, 11) is 0. The first-order chi connectivity index (χ1) is 9.94. The van der Waals surface area contributed by atoms with E-state index in [0.29, 0.717) is 27.6 Å². The number of nitrogen functional groups attached to an aromatic ring is 1. The van der Waals surface area contributed by atoms with Gasteiger partial charge in [-0.2, -0.15) is 0 Å². The number of amides is 2. The number of halogens is 1. The standard InChI is InChI=1S/C15H14ClN3O2/c1-9(20)18-13-3-2-4-14(8-13)19-15(21)10-5-11(16)7-12(17)6-10/h2-8H,17H2,1H3,(H,18,20)(H,19,21). The number of rotatable bonds is 3. The number of hydrogen-bond donors (Lipinski definition) is 3. The van der Waals surface area contributed by atoms with Gasteiger partial charge < -0.3 is 16.4 Å².